The summed E-state index contributed by atoms with van der Waals surface area (Å²) in [5, 5.41) is 9.62. The van der Waals surface area contributed by atoms with E-state index in [4.69, 9.17) is 24.9 Å². The first-order chi connectivity index (χ1) is 74.5. The summed E-state index contributed by atoms with van der Waals surface area (Å²) >= 11 is 0. The first-order valence-electron chi connectivity index (χ1n) is 51.2. The quantitative estimate of drug-likeness (QED) is 0.101. The van der Waals surface area contributed by atoms with E-state index in [1.54, 1.807) is 0 Å². The van der Waals surface area contributed by atoms with Gasteiger partial charge in [-0.25, -0.2) is 19.9 Å². The summed E-state index contributed by atoms with van der Waals surface area (Å²) in [6.45, 7) is 0. The van der Waals surface area contributed by atoms with Gasteiger partial charge in [0.2, 0.25) is 0 Å². The number of nitrogens with zero attached hydrogens (tertiary/aromatic N) is 10. The largest absolute Gasteiger partial charge is 0.307 e. The number of hydrogen-bond acceptors (Lipinski definition) is 6. The minimum Gasteiger partial charge on any atom is -0.307 e. The fourth-order valence-electron chi connectivity index (χ4n) is 23.4. The monoisotopic (exact) mass is 1910 g/mol. The molecule has 0 saturated carbocycles. The molecule has 0 N–H and O–H groups in total. The molecule has 0 bridgehead atoms. The molecule has 0 saturated heterocycles. The van der Waals surface area contributed by atoms with Gasteiger partial charge in [0.05, 0.1) is 84.2 Å². The normalized spacial score (nSPS) is 12.8. The van der Waals surface area contributed by atoms with Gasteiger partial charge in [-0.05, 0) is 204 Å². The van der Waals surface area contributed by atoms with Gasteiger partial charge in [0.25, 0.3) is 0 Å². The highest BCUT2D eigenvalue weighted by Crippen LogP contribution is 2.59. The average Bonchev–Trinajstić information content (AvgIpc) is 1.55. The number of benzene rings is 19. The Labute approximate surface area is 867 Å². The minimum atomic E-state index is -0.150. The number of rotatable bonds is 15. The minimum absolute atomic E-state index is 0.105. The Bertz CT molecular complexity index is 9800. The molecule has 702 valence electrons. The predicted octanol–water partition coefficient (Wildman–Crippen LogP) is 35.1. The van der Waals surface area contributed by atoms with Crippen molar-refractivity contribution in [1.82, 2.24) is 48.2 Å². The molecule has 19 aromatic carbocycles. The van der Waals surface area contributed by atoms with Crippen LogP contribution in [0.5, 0.6) is 0 Å². The molecular formula is C140H92N10. The van der Waals surface area contributed by atoms with Crippen LogP contribution in [-0.2, 0) is 0 Å². The summed E-state index contributed by atoms with van der Waals surface area (Å²) < 4.78 is 9.57. The summed E-state index contributed by atoms with van der Waals surface area (Å²) in [4.78, 5) is 31.2. The van der Waals surface area contributed by atoms with Gasteiger partial charge in [0, 0.05) is 95.0 Å². The fourth-order valence-corrected chi connectivity index (χ4v) is 23.4. The summed E-state index contributed by atoms with van der Waals surface area (Å²) in [5.74, 6) is 2.47. The lowest BCUT2D eigenvalue weighted by Crippen LogP contribution is -2.11. The van der Waals surface area contributed by atoms with E-state index in [0.29, 0.717) is 0 Å². The Morgan fingerprint density at radius 3 is 1.03 bits per heavy atom. The zero-order valence-corrected chi connectivity index (χ0v) is 81.6. The maximum atomic E-state index is 5.54. The van der Waals surface area contributed by atoms with E-state index >= 15 is 0 Å². The molecule has 0 amide bonds. The van der Waals surface area contributed by atoms with Gasteiger partial charge in [-0.15, -0.1) is 0 Å². The van der Waals surface area contributed by atoms with Crippen molar-refractivity contribution < 1.29 is 0 Å². The van der Waals surface area contributed by atoms with Gasteiger partial charge < -0.3 is 9.13 Å². The summed E-state index contributed by atoms with van der Waals surface area (Å²) in [6.07, 6.45) is 3.64. The maximum absolute atomic E-state index is 5.54. The summed E-state index contributed by atoms with van der Waals surface area (Å²) in [7, 11) is 0. The standard InChI is InChI=1S/C54H36N2.C47H31N3.C39H25N5/c1-4-14-35(15-5-1)37-24-28-39(29-25-37)48-34-49(40-30-26-38(27-31-40)36-16-6-2-7-17-36)56-54(55-48)53-45-23-13-11-21-43(45)47-33-32-46-42-20-10-12-22-44(42)50(51(46)52(47)53)41-18-8-3-9-19-41;1-5-17-32(18-6-1)35-29-41(34-21-9-3-10-22-34)48-44(30-35)50-43-28-16-14-26-38(43)45-39(33-19-7-2-8-20-33)31-40-37-25-13-15-27-42(37)49(46(40)47(45)50)36-23-11-4-12-24-36;1-2-12-27(13-3-1)43-35-18-6-4-14-28(35)30-20-21-31-29-15-5-7-19-36(29)44(39(31)38(30)43)37-25-26(32-16-8-10-22-40-32)24-34(42-37)33-17-9-11-23-41-33/h1-34,50,53H;1-31H;1-25H. The fraction of sp³-hybridized carbons (Fsp3) is 0.0143. The molecule has 0 radical (unpaired) electrons. The number of hydrogen-bond donors (Lipinski definition) is 0. The highest BCUT2D eigenvalue weighted by Gasteiger charge is 2.42. The van der Waals surface area contributed by atoms with E-state index in [2.05, 4.69) is 521 Å². The Morgan fingerprint density at radius 1 is 0.173 bits per heavy atom. The van der Waals surface area contributed by atoms with E-state index in [1.807, 2.05) is 48.8 Å². The lowest BCUT2D eigenvalue weighted by atomic mass is 9.82. The predicted molar refractivity (Wildman–Crippen MR) is 618 cm³/mol. The van der Waals surface area contributed by atoms with Crippen LogP contribution in [0.1, 0.15) is 45.5 Å². The second-order valence-corrected chi connectivity index (χ2v) is 38.5. The van der Waals surface area contributed by atoms with Gasteiger partial charge >= 0.3 is 0 Å². The Hall–Kier alpha value is -19.9. The van der Waals surface area contributed by atoms with Crippen molar-refractivity contribution >= 4 is 87.2 Å². The second-order valence-electron chi connectivity index (χ2n) is 38.5. The first kappa shape index (κ1) is 87.8. The van der Waals surface area contributed by atoms with Gasteiger partial charge in [0.15, 0.2) is 0 Å². The van der Waals surface area contributed by atoms with Crippen LogP contribution in [0, 0.1) is 0 Å². The van der Waals surface area contributed by atoms with Crippen molar-refractivity contribution in [3.05, 3.63) is 580 Å². The third-order valence-electron chi connectivity index (χ3n) is 30.0. The van der Waals surface area contributed by atoms with Crippen LogP contribution in [0.15, 0.2) is 546 Å². The zero-order chi connectivity index (χ0) is 99.1. The first-order valence-corrected chi connectivity index (χ1v) is 51.2. The molecular weight excluding hydrogens is 1820 g/mol. The SMILES string of the molecule is c1ccc(-c2cc(-c3ccccc3)nc(-n3c4ccccc4c4c(-c5ccccc5)cc5c6ccccc6n(-c6ccccc6)c5c43)c2)cc1.c1ccc(-c2ccc(-c3cc(-c4ccc(-c5ccccc5)cc4)nc(C4c5ccccc5-c5ccc6c(c54)C(c4ccccc4)c4ccccc4-6)n3)cc2)cc1.c1ccc(-n2c3ccccc3c3ccc4c5ccccc5n(-c5cc(-c6ccccn6)cc(-c6ccccn6)n5)c4c32)cc1. The van der Waals surface area contributed by atoms with Crippen LogP contribution in [0.4, 0.5) is 0 Å². The summed E-state index contributed by atoms with van der Waals surface area (Å²) in [6, 6.07) is 190. The van der Waals surface area contributed by atoms with E-state index in [-0.39, 0.29) is 11.8 Å². The second kappa shape index (κ2) is 37.3. The number of para-hydroxylation sites is 6. The molecule has 2 aliphatic rings. The third kappa shape index (κ3) is 15.3. The van der Waals surface area contributed by atoms with Crippen LogP contribution in [0.2, 0.25) is 0 Å². The molecule has 0 fully saturated rings. The van der Waals surface area contributed by atoms with Crippen molar-refractivity contribution in [2.24, 2.45) is 0 Å². The third-order valence-corrected chi connectivity index (χ3v) is 30.0. The molecule has 150 heavy (non-hydrogen) atoms. The van der Waals surface area contributed by atoms with E-state index in [0.717, 1.165) is 129 Å². The molecule has 9 heterocycles. The lowest BCUT2D eigenvalue weighted by molar-refractivity contribution is 0.857. The molecule has 10 nitrogen and oxygen atoms in total. The van der Waals surface area contributed by atoms with Crippen molar-refractivity contribution in [3.8, 4) is 146 Å². The van der Waals surface area contributed by atoms with Crippen molar-refractivity contribution in [2.45, 2.75) is 11.8 Å². The Morgan fingerprint density at radius 2 is 0.520 bits per heavy atom. The van der Waals surface area contributed by atoms with Crippen molar-refractivity contribution in [3.63, 3.8) is 0 Å². The van der Waals surface area contributed by atoms with Crippen LogP contribution in [0.3, 0.4) is 0 Å². The van der Waals surface area contributed by atoms with Crippen LogP contribution in [-0.4, -0.2) is 48.2 Å². The Kier molecular flexibility index (Phi) is 21.9. The van der Waals surface area contributed by atoms with Crippen LogP contribution < -0.4 is 0 Å². The molecule has 10 heteroatoms. The van der Waals surface area contributed by atoms with Gasteiger partial charge in [0.1, 0.15) is 17.5 Å². The van der Waals surface area contributed by atoms with E-state index < -0.39 is 0 Å². The number of fused-ring (bicyclic) bond motifs is 21. The number of pyridine rings is 4. The highest BCUT2D eigenvalue weighted by molar-refractivity contribution is 6.29. The molecule has 28 aromatic rings. The smallest absolute Gasteiger partial charge is 0.141 e. The number of aromatic nitrogens is 10. The van der Waals surface area contributed by atoms with Crippen molar-refractivity contribution in [2.75, 3.05) is 0 Å². The molecule has 0 spiro atoms. The average molecular weight is 1910 g/mol. The van der Waals surface area contributed by atoms with Gasteiger partial charge in [-0.1, -0.05) is 425 Å². The lowest BCUT2D eigenvalue weighted by Gasteiger charge is -2.22. The topological polar surface area (TPSA) is 97.1 Å². The molecule has 2 atom stereocenters. The van der Waals surface area contributed by atoms with E-state index in [9.17, 15) is 0 Å². The summed E-state index contributed by atoms with van der Waals surface area (Å²) in [5.41, 5.74) is 42.0. The molecule has 30 rings (SSSR count). The maximum Gasteiger partial charge on any atom is 0.141 e. The highest BCUT2D eigenvalue weighted by atomic mass is 15.1. The molecule has 0 aliphatic heterocycles. The van der Waals surface area contributed by atoms with Crippen LogP contribution in [0.25, 0.3) is 233 Å². The van der Waals surface area contributed by atoms with Crippen molar-refractivity contribution in [1.29, 1.82) is 0 Å². The molecule has 2 unspecified atom stereocenters. The Balaban J connectivity index is 0.000000109. The zero-order valence-electron chi connectivity index (χ0n) is 81.6. The van der Waals surface area contributed by atoms with Gasteiger partial charge in [-0.3, -0.25) is 19.1 Å². The van der Waals surface area contributed by atoms with E-state index in [1.165, 1.54) is 138 Å². The molecule has 2 aliphatic carbocycles. The molecule has 9 aromatic heterocycles. The van der Waals surface area contributed by atoms with Crippen LogP contribution >= 0.6 is 0 Å². The van der Waals surface area contributed by atoms with Gasteiger partial charge in [-0.2, -0.15) is 0 Å².